The maximum Gasteiger partial charge on any atom is 0.296 e. The van der Waals surface area contributed by atoms with Gasteiger partial charge in [0.1, 0.15) is 6.61 Å². The van der Waals surface area contributed by atoms with Crippen LogP contribution in [0, 0.1) is 6.92 Å². The Morgan fingerprint density at radius 1 is 1.32 bits per heavy atom. The van der Waals surface area contributed by atoms with Crippen LogP contribution in [0.3, 0.4) is 0 Å². The number of alkyl halides is 2. The largest absolute Gasteiger partial charge is 0.390 e. The molecule has 1 unspecified atom stereocenters. The lowest BCUT2D eigenvalue weighted by molar-refractivity contribution is -0.0698. The summed E-state index contributed by atoms with van der Waals surface area (Å²) in [7, 11) is 1.26. The molecule has 1 aromatic heterocycles. The smallest absolute Gasteiger partial charge is 0.296 e. The molecule has 0 saturated carbocycles. The van der Waals surface area contributed by atoms with Crippen molar-refractivity contribution in [1.82, 2.24) is 15.1 Å². The van der Waals surface area contributed by atoms with Crippen molar-refractivity contribution in [2.45, 2.75) is 44.4 Å². The molecule has 31 heavy (non-hydrogen) atoms. The Morgan fingerprint density at radius 3 is 2.81 bits per heavy atom. The Bertz CT molecular complexity index is 978. The molecule has 0 spiro atoms. The number of aliphatic imine (C=N–C) groups is 1. The highest BCUT2D eigenvalue weighted by atomic mass is 19.3. The highest BCUT2D eigenvalue weighted by molar-refractivity contribution is 5.77. The average molecular weight is 431 g/mol. The minimum absolute atomic E-state index is 0.0847. The number of methoxy groups -OCH3 is 1. The first kappa shape index (κ1) is 21.7. The number of likely N-dealkylation sites (tertiary alicyclic amines) is 1. The number of halogens is 2. The predicted molar refractivity (Wildman–Crippen MR) is 114 cm³/mol. The lowest BCUT2D eigenvalue weighted by Gasteiger charge is -2.41. The number of nitrogens with zero attached hydrogens (tertiary/aromatic N) is 4. The highest BCUT2D eigenvalue weighted by Crippen LogP contribution is 2.35. The highest BCUT2D eigenvalue weighted by Gasteiger charge is 2.34. The summed E-state index contributed by atoms with van der Waals surface area (Å²) in [6.45, 7) is 4.36. The van der Waals surface area contributed by atoms with E-state index in [2.05, 4.69) is 30.1 Å². The van der Waals surface area contributed by atoms with Gasteiger partial charge in [-0.1, -0.05) is 18.2 Å². The number of aliphatic hydroxyl groups is 1. The molecule has 2 atom stereocenters. The number of nitrogens with one attached hydrogen (secondary N) is 1. The third kappa shape index (κ3) is 4.44. The molecule has 0 amide bonds. The van der Waals surface area contributed by atoms with Gasteiger partial charge in [-0.3, -0.25) is 9.89 Å². The van der Waals surface area contributed by atoms with Gasteiger partial charge in [0.15, 0.2) is 5.82 Å². The molecule has 0 radical (unpaired) electrons. The quantitative estimate of drug-likeness (QED) is 0.701. The van der Waals surface area contributed by atoms with Crippen molar-refractivity contribution in [3.63, 3.8) is 0 Å². The molecule has 2 aliphatic rings. The first-order valence-electron chi connectivity index (χ1n) is 10.3. The summed E-state index contributed by atoms with van der Waals surface area (Å²) in [5.74, 6) is -2.46. The van der Waals surface area contributed by atoms with Gasteiger partial charge in [-0.15, -0.1) is 5.10 Å². The van der Waals surface area contributed by atoms with E-state index < -0.39 is 12.5 Å². The molecule has 1 fully saturated rings. The molecule has 0 aliphatic carbocycles. The fourth-order valence-corrected chi connectivity index (χ4v) is 4.04. The normalized spacial score (nSPS) is 20.3. The molecule has 4 rings (SSSR count). The molecular formula is C22H27F2N5O2. The number of rotatable bonds is 7. The molecule has 2 aromatic rings. The van der Waals surface area contributed by atoms with Crippen molar-refractivity contribution in [3.8, 4) is 0 Å². The number of β-amino-alcohol motifs (C(OH)–C–C–N with tert-alkyl or cyclic N) is 1. The van der Waals surface area contributed by atoms with E-state index in [-0.39, 0.29) is 23.8 Å². The van der Waals surface area contributed by atoms with Crippen LogP contribution in [-0.2, 0) is 17.1 Å². The van der Waals surface area contributed by atoms with Gasteiger partial charge in [0.2, 0.25) is 0 Å². The zero-order valence-electron chi connectivity index (χ0n) is 17.8. The van der Waals surface area contributed by atoms with Gasteiger partial charge in [0.25, 0.3) is 5.92 Å². The number of aromatic nitrogens is 2. The summed E-state index contributed by atoms with van der Waals surface area (Å²) in [5.41, 5.74) is 3.12. The second kappa shape index (κ2) is 8.57. The van der Waals surface area contributed by atoms with E-state index in [1.54, 1.807) is 12.1 Å². The standard InChI is InChI=1S/C22H27F2N5O2/c1-13(15-5-4-6-16(7-15)22(23,24)12-31-3)26-21-19-8-17(29-10-18(30)11-29)9-25-20(19)14(2)27-28-21/h4-7,9,13,17-18,30H,8,10-12H2,1-3H3,(H,26,28)/t13-,17?/m1/s1. The van der Waals surface area contributed by atoms with E-state index in [9.17, 15) is 13.9 Å². The SMILES string of the molecule is COCC(F)(F)c1cccc([C@@H](C)Nc2nnc(C)c3c2CC(N2CC(O)C2)C=N3)c1. The van der Waals surface area contributed by atoms with E-state index in [0.717, 1.165) is 16.9 Å². The van der Waals surface area contributed by atoms with E-state index in [4.69, 9.17) is 0 Å². The number of aliphatic hydroxyl groups excluding tert-OH is 1. The van der Waals surface area contributed by atoms with Gasteiger partial charge in [-0.25, -0.2) is 0 Å². The maximum absolute atomic E-state index is 14.3. The van der Waals surface area contributed by atoms with Gasteiger partial charge < -0.3 is 15.2 Å². The maximum atomic E-state index is 14.3. The van der Waals surface area contributed by atoms with Crippen LogP contribution < -0.4 is 5.32 Å². The average Bonchev–Trinajstić information content (AvgIpc) is 2.73. The summed E-state index contributed by atoms with van der Waals surface area (Å²) < 4.78 is 33.2. The van der Waals surface area contributed by atoms with Crippen molar-refractivity contribution in [3.05, 3.63) is 46.6 Å². The van der Waals surface area contributed by atoms with E-state index in [1.165, 1.54) is 19.2 Å². The summed E-state index contributed by atoms with van der Waals surface area (Å²) in [4.78, 5) is 6.77. The van der Waals surface area contributed by atoms with Gasteiger partial charge in [0, 0.05) is 43.6 Å². The molecule has 0 bridgehead atoms. The monoisotopic (exact) mass is 431 g/mol. The van der Waals surface area contributed by atoms with E-state index in [0.29, 0.717) is 30.9 Å². The fraction of sp³-hybridized carbons (Fsp3) is 0.500. The number of hydrogen-bond donors (Lipinski definition) is 2. The molecular weight excluding hydrogens is 404 g/mol. The summed E-state index contributed by atoms with van der Waals surface area (Å²) in [6, 6.07) is 6.15. The van der Waals surface area contributed by atoms with Crippen molar-refractivity contribution in [2.24, 2.45) is 4.99 Å². The van der Waals surface area contributed by atoms with Crippen LogP contribution in [0.5, 0.6) is 0 Å². The third-order valence-electron chi connectivity index (χ3n) is 5.85. The van der Waals surface area contributed by atoms with Gasteiger partial charge in [-0.2, -0.15) is 13.9 Å². The molecule has 2 N–H and O–H groups in total. The Labute approximate surface area is 180 Å². The molecule has 9 heteroatoms. The van der Waals surface area contributed by atoms with Crippen LogP contribution in [0.2, 0.25) is 0 Å². The second-order valence-electron chi connectivity index (χ2n) is 8.25. The van der Waals surface area contributed by atoms with Gasteiger partial charge >= 0.3 is 0 Å². The first-order chi connectivity index (χ1) is 14.8. The van der Waals surface area contributed by atoms with Crippen molar-refractivity contribution in [1.29, 1.82) is 0 Å². The van der Waals surface area contributed by atoms with Crippen molar-refractivity contribution in [2.75, 3.05) is 32.1 Å². The number of hydrogen-bond acceptors (Lipinski definition) is 7. The minimum atomic E-state index is -3.06. The third-order valence-corrected chi connectivity index (χ3v) is 5.85. The van der Waals surface area contributed by atoms with Crippen LogP contribution in [0.1, 0.15) is 35.3 Å². The Morgan fingerprint density at radius 2 is 2.10 bits per heavy atom. The molecule has 1 saturated heterocycles. The van der Waals surface area contributed by atoms with Crippen LogP contribution in [0.4, 0.5) is 20.3 Å². The first-order valence-corrected chi connectivity index (χ1v) is 10.3. The molecule has 166 valence electrons. The zero-order chi connectivity index (χ0) is 22.2. The Kier molecular flexibility index (Phi) is 6.00. The molecule has 2 aliphatic heterocycles. The summed E-state index contributed by atoms with van der Waals surface area (Å²) >= 11 is 0. The minimum Gasteiger partial charge on any atom is -0.390 e. The van der Waals surface area contributed by atoms with Crippen LogP contribution >= 0.6 is 0 Å². The number of aryl methyl sites for hydroxylation is 1. The zero-order valence-corrected chi connectivity index (χ0v) is 17.8. The summed E-state index contributed by atoms with van der Waals surface area (Å²) in [6.07, 6.45) is 2.31. The van der Waals surface area contributed by atoms with Crippen molar-refractivity contribution >= 4 is 17.7 Å². The Balaban J connectivity index is 1.56. The topological polar surface area (TPSA) is 82.9 Å². The van der Waals surface area contributed by atoms with E-state index in [1.807, 2.05) is 20.1 Å². The number of fused-ring (bicyclic) bond motifs is 1. The van der Waals surface area contributed by atoms with Crippen molar-refractivity contribution < 1.29 is 18.6 Å². The van der Waals surface area contributed by atoms with Crippen LogP contribution in [0.15, 0.2) is 29.3 Å². The number of anilines is 1. The number of ether oxygens (including phenoxy) is 1. The lowest BCUT2D eigenvalue weighted by atomic mass is 9.97. The molecule has 7 nitrogen and oxygen atoms in total. The predicted octanol–water partition coefficient (Wildman–Crippen LogP) is 3.00. The van der Waals surface area contributed by atoms with Crippen LogP contribution in [0.25, 0.3) is 0 Å². The molecule has 3 heterocycles. The van der Waals surface area contributed by atoms with Gasteiger partial charge in [0.05, 0.1) is 23.5 Å². The van der Waals surface area contributed by atoms with E-state index >= 15 is 0 Å². The van der Waals surface area contributed by atoms with Crippen LogP contribution in [-0.4, -0.2) is 65.4 Å². The second-order valence-corrected chi connectivity index (χ2v) is 8.25. The lowest BCUT2D eigenvalue weighted by Crippen LogP contribution is -2.56. The molecule has 1 aromatic carbocycles. The summed E-state index contributed by atoms with van der Waals surface area (Å²) in [5, 5.41) is 21.5. The number of benzene rings is 1. The van der Waals surface area contributed by atoms with Gasteiger partial charge in [-0.05, 0) is 31.9 Å². The Hall–Kier alpha value is -2.49. The fourth-order valence-electron chi connectivity index (χ4n) is 4.04.